The summed E-state index contributed by atoms with van der Waals surface area (Å²) in [6.07, 6.45) is 7.24. The third kappa shape index (κ3) is 5.30. The van der Waals surface area contributed by atoms with E-state index < -0.39 is 11.4 Å². The molecule has 3 N–H and O–H groups in total. The normalized spacial score (nSPS) is 17.7. The molecule has 1 aliphatic rings. The molecule has 110 valence electrons. The zero-order valence-corrected chi connectivity index (χ0v) is 12.4. The van der Waals surface area contributed by atoms with E-state index in [1.54, 1.807) is 11.8 Å². The Morgan fingerprint density at radius 3 is 2.47 bits per heavy atom. The number of carboxylic acid groups (broad SMARTS) is 1. The molecule has 0 aromatic heterocycles. The van der Waals surface area contributed by atoms with Crippen LogP contribution >= 0.6 is 11.8 Å². The first-order valence-electron chi connectivity index (χ1n) is 6.85. The van der Waals surface area contributed by atoms with E-state index >= 15 is 0 Å². The van der Waals surface area contributed by atoms with Crippen molar-refractivity contribution in [3.63, 3.8) is 0 Å². The molecule has 1 fully saturated rings. The molecular weight excluding hydrogens is 264 g/mol. The minimum Gasteiger partial charge on any atom is -0.481 e. The number of hydrogen-bond donors (Lipinski definition) is 3. The van der Waals surface area contributed by atoms with Crippen molar-refractivity contribution in [2.24, 2.45) is 5.41 Å². The van der Waals surface area contributed by atoms with Gasteiger partial charge < -0.3 is 15.7 Å². The first-order chi connectivity index (χ1) is 9.10. The van der Waals surface area contributed by atoms with Crippen LogP contribution < -0.4 is 10.6 Å². The van der Waals surface area contributed by atoms with Crippen molar-refractivity contribution in [3.05, 3.63) is 0 Å². The largest absolute Gasteiger partial charge is 0.481 e. The Bertz CT molecular complexity index is 304. The summed E-state index contributed by atoms with van der Waals surface area (Å²) in [6, 6.07) is -0.257. The lowest BCUT2D eigenvalue weighted by Gasteiger charge is -2.33. The van der Waals surface area contributed by atoms with E-state index in [1.807, 2.05) is 6.26 Å². The van der Waals surface area contributed by atoms with Crippen molar-refractivity contribution in [2.75, 3.05) is 25.1 Å². The molecule has 0 atom stereocenters. The zero-order chi connectivity index (χ0) is 14.1. The maximum absolute atomic E-state index is 11.6. The molecule has 19 heavy (non-hydrogen) atoms. The van der Waals surface area contributed by atoms with Crippen LogP contribution in [0.25, 0.3) is 0 Å². The number of amides is 2. The van der Waals surface area contributed by atoms with Crippen molar-refractivity contribution < 1.29 is 14.7 Å². The molecule has 1 aliphatic carbocycles. The number of carbonyl (C=O) groups excluding carboxylic acids is 1. The summed E-state index contributed by atoms with van der Waals surface area (Å²) >= 11 is 1.74. The monoisotopic (exact) mass is 288 g/mol. The van der Waals surface area contributed by atoms with E-state index in [0.717, 1.165) is 31.4 Å². The van der Waals surface area contributed by atoms with Crippen LogP contribution in [0.5, 0.6) is 0 Å². The van der Waals surface area contributed by atoms with Crippen molar-refractivity contribution in [1.82, 2.24) is 10.6 Å². The van der Waals surface area contributed by atoms with Crippen molar-refractivity contribution >= 4 is 23.8 Å². The van der Waals surface area contributed by atoms with Gasteiger partial charge in [0.2, 0.25) is 0 Å². The molecular formula is C13H24N2O3S. The fourth-order valence-electron chi connectivity index (χ4n) is 2.43. The second-order valence-corrected chi connectivity index (χ2v) is 6.09. The second-order valence-electron chi connectivity index (χ2n) is 5.10. The highest BCUT2D eigenvalue weighted by Gasteiger charge is 2.39. The number of carboxylic acids is 1. The van der Waals surface area contributed by atoms with Crippen LogP contribution in [0.3, 0.4) is 0 Å². The number of nitrogens with one attached hydrogen (secondary N) is 2. The van der Waals surface area contributed by atoms with Crippen molar-refractivity contribution in [2.45, 2.75) is 38.5 Å². The van der Waals surface area contributed by atoms with E-state index in [4.69, 9.17) is 0 Å². The quantitative estimate of drug-likeness (QED) is 0.627. The van der Waals surface area contributed by atoms with Crippen LogP contribution in [-0.4, -0.2) is 42.2 Å². The van der Waals surface area contributed by atoms with Gasteiger partial charge in [0, 0.05) is 13.1 Å². The fourth-order valence-corrected chi connectivity index (χ4v) is 2.86. The lowest BCUT2D eigenvalue weighted by Crippen LogP contribution is -2.47. The number of carbonyl (C=O) groups is 2. The van der Waals surface area contributed by atoms with Crippen LogP contribution in [0.4, 0.5) is 4.79 Å². The maximum atomic E-state index is 11.6. The van der Waals surface area contributed by atoms with Gasteiger partial charge in [0.25, 0.3) is 0 Å². The van der Waals surface area contributed by atoms with E-state index in [9.17, 15) is 14.7 Å². The summed E-state index contributed by atoms with van der Waals surface area (Å²) in [5.41, 5.74) is -0.755. The average Bonchev–Trinajstić information content (AvgIpc) is 2.42. The number of urea groups is 1. The predicted octanol–water partition coefficient (Wildman–Crippen LogP) is 2.07. The molecule has 0 saturated heterocycles. The standard InChI is InChI=1S/C13H24N2O3S/c1-19-9-5-8-14-12(18)15-10-13(11(16)17)6-3-2-4-7-13/h2-10H2,1H3,(H,16,17)(H2,14,15,18). The summed E-state index contributed by atoms with van der Waals surface area (Å²) in [7, 11) is 0. The number of hydrogen-bond acceptors (Lipinski definition) is 3. The first-order valence-corrected chi connectivity index (χ1v) is 8.24. The minimum atomic E-state index is -0.783. The highest BCUT2D eigenvalue weighted by atomic mass is 32.2. The molecule has 0 aliphatic heterocycles. The molecule has 6 heteroatoms. The Labute approximate surface area is 118 Å². The third-order valence-corrected chi connectivity index (χ3v) is 4.36. The van der Waals surface area contributed by atoms with Gasteiger partial charge in [-0.3, -0.25) is 4.79 Å². The van der Waals surface area contributed by atoms with Gasteiger partial charge in [0.15, 0.2) is 0 Å². The molecule has 0 spiro atoms. The molecule has 1 saturated carbocycles. The Morgan fingerprint density at radius 2 is 1.89 bits per heavy atom. The van der Waals surface area contributed by atoms with E-state index in [0.29, 0.717) is 19.4 Å². The van der Waals surface area contributed by atoms with Crippen molar-refractivity contribution in [3.8, 4) is 0 Å². The molecule has 1 rings (SSSR count). The SMILES string of the molecule is CSCCCNC(=O)NCC1(C(=O)O)CCCCC1. The molecule has 0 bridgehead atoms. The first kappa shape index (κ1) is 16.1. The van der Waals surface area contributed by atoms with Crippen LogP contribution in [-0.2, 0) is 4.79 Å². The van der Waals surface area contributed by atoms with Crippen LogP contribution in [0.15, 0.2) is 0 Å². The van der Waals surface area contributed by atoms with Crippen LogP contribution in [0, 0.1) is 5.41 Å². The van der Waals surface area contributed by atoms with Gasteiger partial charge >= 0.3 is 12.0 Å². The molecule has 2 amide bonds. The number of rotatable bonds is 7. The van der Waals surface area contributed by atoms with Gasteiger partial charge in [0.1, 0.15) is 0 Å². The van der Waals surface area contributed by atoms with Gasteiger partial charge in [0.05, 0.1) is 5.41 Å². The summed E-state index contributed by atoms with van der Waals surface area (Å²) < 4.78 is 0. The zero-order valence-electron chi connectivity index (χ0n) is 11.5. The summed E-state index contributed by atoms with van der Waals surface area (Å²) in [4.78, 5) is 23.0. The third-order valence-electron chi connectivity index (χ3n) is 3.66. The van der Waals surface area contributed by atoms with E-state index in [2.05, 4.69) is 10.6 Å². The summed E-state index contributed by atoms with van der Waals surface area (Å²) in [5.74, 6) is 0.231. The lowest BCUT2D eigenvalue weighted by atomic mass is 9.74. The van der Waals surface area contributed by atoms with Crippen LogP contribution in [0.2, 0.25) is 0 Å². The van der Waals surface area contributed by atoms with Crippen molar-refractivity contribution in [1.29, 1.82) is 0 Å². The van der Waals surface area contributed by atoms with Gasteiger partial charge in [-0.2, -0.15) is 11.8 Å². The second kappa shape index (κ2) is 8.30. The molecule has 0 aromatic rings. The maximum Gasteiger partial charge on any atom is 0.314 e. The van der Waals surface area contributed by atoms with Gasteiger partial charge in [-0.15, -0.1) is 0 Å². The summed E-state index contributed by atoms with van der Waals surface area (Å²) in [5, 5.41) is 14.8. The molecule has 0 radical (unpaired) electrons. The Morgan fingerprint density at radius 1 is 1.21 bits per heavy atom. The Balaban J connectivity index is 2.31. The van der Waals surface area contributed by atoms with Crippen LogP contribution in [0.1, 0.15) is 38.5 Å². The Hall–Kier alpha value is -0.910. The molecule has 0 heterocycles. The lowest BCUT2D eigenvalue weighted by molar-refractivity contribution is -0.150. The summed E-state index contributed by atoms with van der Waals surface area (Å²) in [6.45, 7) is 0.865. The molecule has 0 aromatic carbocycles. The Kier molecular flexibility index (Phi) is 7.05. The average molecular weight is 288 g/mol. The molecule has 5 nitrogen and oxygen atoms in total. The van der Waals surface area contributed by atoms with Gasteiger partial charge in [-0.25, -0.2) is 4.79 Å². The number of aliphatic carboxylic acids is 1. The van der Waals surface area contributed by atoms with Gasteiger partial charge in [-0.05, 0) is 31.3 Å². The molecule has 0 unspecified atom stereocenters. The number of thioether (sulfide) groups is 1. The minimum absolute atomic E-state index is 0.233. The highest BCUT2D eigenvalue weighted by molar-refractivity contribution is 7.98. The van der Waals surface area contributed by atoms with E-state index in [-0.39, 0.29) is 12.6 Å². The predicted molar refractivity (Wildman–Crippen MR) is 77.6 cm³/mol. The topological polar surface area (TPSA) is 78.4 Å². The van der Waals surface area contributed by atoms with Gasteiger partial charge in [-0.1, -0.05) is 19.3 Å². The van der Waals surface area contributed by atoms with E-state index in [1.165, 1.54) is 0 Å². The highest BCUT2D eigenvalue weighted by Crippen LogP contribution is 2.35. The smallest absolute Gasteiger partial charge is 0.314 e. The fraction of sp³-hybridized carbons (Fsp3) is 0.846.